The summed E-state index contributed by atoms with van der Waals surface area (Å²) < 4.78 is 1.31. The van der Waals surface area contributed by atoms with Crippen molar-refractivity contribution in [1.29, 1.82) is 0 Å². The highest BCUT2D eigenvalue weighted by Gasteiger charge is 2.23. The van der Waals surface area contributed by atoms with Gasteiger partial charge in [0.1, 0.15) is 6.04 Å². The smallest absolute Gasteiger partial charge is 0.358 e. The van der Waals surface area contributed by atoms with E-state index in [1.807, 2.05) is 0 Å². The molecule has 7 nitrogen and oxygen atoms in total. The Morgan fingerprint density at radius 3 is 2.38 bits per heavy atom. The number of hydrogen-bond donors (Lipinski definition) is 1. The minimum atomic E-state index is -1.15. The summed E-state index contributed by atoms with van der Waals surface area (Å²) in [6.45, 7) is 3.22. The third-order valence-corrected chi connectivity index (χ3v) is 2.30. The van der Waals surface area contributed by atoms with E-state index in [0.29, 0.717) is 5.69 Å². The number of nitrogens with zero attached hydrogens (tertiary/aromatic N) is 4. The molecule has 1 aromatic rings. The van der Waals surface area contributed by atoms with Gasteiger partial charge < -0.3 is 10.0 Å². The van der Waals surface area contributed by atoms with Crippen LogP contribution in [0, 0.1) is 6.92 Å². The lowest BCUT2D eigenvalue weighted by atomic mass is 10.2. The molecule has 0 aliphatic carbocycles. The van der Waals surface area contributed by atoms with Gasteiger partial charge in [0.25, 0.3) is 0 Å². The zero-order chi connectivity index (χ0) is 12.5. The number of carboxylic acid groups (broad SMARTS) is 1. The Balaban J connectivity index is 3.06. The molecule has 1 rings (SSSR count). The Bertz CT molecular complexity index is 424. The van der Waals surface area contributed by atoms with Crippen LogP contribution < -0.4 is 0 Å². The Morgan fingerprint density at radius 2 is 2.00 bits per heavy atom. The first-order chi connectivity index (χ1) is 7.36. The predicted octanol–water partition coefficient (Wildman–Crippen LogP) is -0.0661. The summed E-state index contributed by atoms with van der Waals surface area (Å²) in [6, 6.07) is -0.560. The van der Waals surface area contributed by atoms with Crippen LogP contribution >= 0.6 is 0 Å². The number of amides is 1. The van der Waals surface area contributed by atoms with Gasteiger partial charge >= 0.3 is 5.97 Å². The van der Waals surface area contributed by atoms with E-state index in [0.717, 1.165) is 0 Å². The minimum Gasteiger partial charge on any atom is -0.476 e. The van der Waals surface area contributed by atoms with E-state index in [4.69, 9.17) is 5.11 Å². The maximum Gasteiger partial charge on any atom is 0.358 e. The third-order valence-electron chi connectivity index (χ3n) is 2.30. The topological polar surface area (TPSA) is 88.3 Å². The van der Waals surface area contributed by atoms with Gasteiger partial charge in [-0.1, -0.05) is 5.21 Å². The average Bonchev–Trinajstić information content (AvgIpc) is 2.57. The van der Waals surface area contributed by atoms with E-state index in [1.165, 1.54) is 9.58 Å². The summed E-state index contributed by atoms with van der Waals surface area (Å²) >= 11 is 0. The molecular formula is C9H14N4O3. The van der Waals surface area contributed by atoms with Crippen LogP contribution in [0.25, 0.3) is 0 Å². The van der Waals surface area contributed by atoms with Crippen molar-refractivity contribution >= 4 is 11.9 Å². The lowest BCUT2D eigenvalue weighted by Gasteiger charge is -2.17. The molecule has 0 saturated carbocycles. The maximum absolute atomic E-state index is 11.7. The molecule has 0 aliphatic heterocycles. The number of hydrogen-bond acceptors (Lipinski definition) is 4. The summed E-state index contributed by atoms with van der Waals surface area (Å²) in [5.74, 6) is -1.31. The Morgan fingerprint density at radius 1 is 1.44 bits per heavy atom. The van der Waals surface area contributed by atoms with Crippen LogP contribution in [-0.4, -0.2) is 51.0 Å². The maximum atomic E-state index is 11.7. The molecule has 1 atom stereocenters. The molecule has 0 aliphatic rings. The zero-order valence-corrected chi connectivity index (χ0v) is 9.63. The van der Waals surface area contributed by atoms with Crippen molar-refractivity contribution in [3.63, 3.8) is 0 Å². The van der Waals surface area contributed by atoms with Gasteiger partial charge in [0, 0.05) is 14.1 Å². The summed E-state index contributed by atoms with van der Waals surface area (Å²) in [5.41, 5.74) is 0.244. The predicted molar refractivity (Wildman–Crippen MR) is 55.1 cm³/mol. The molecular weight excluding hydrogens is 212 g/mol. The lowest BCUT2D eigenvalue weighted by molar-refractivity contribution is -0.132. The van der Waals surface area contributed by atoms with Crippen LogP contribution in [-0.2, 0) is 4.79 Å². The monoisotopic (exact) mass is 226 g/mol. The van der Waals surface area contributed by atoms with E-state index < -0.39 is 12.0 Å². The van der Waals surface area contributed by atoms with Crippen molar-refractivity contribution in [3.8, 4) is 0 Å². The first kappa shape index (κ1) is 12.2. The molecule has 0 saturated heterocycles. The highest BCUT2D eigenvalue weighted by molar-refractivity contribution is 5.86. The third kappa shape index (κ3) is 2.02. The molecule has 16 heavy (non-hydrogen) atoms. The summed E-state index contributed by atoms with van der Waals surface area (Å²) in [6.07, 6.45) is 0. The normalized spacial score (nSPS) is 12.2. The van der Waals surface area contributed by atoms with Crippen molar-refractivity contribution in [2.24, 2.45) is 0 Å². The summed E-state index contributed by atoms with van der Waals surface area (Å²) in [5, 5.41) is 16.0. The zero-order valence-electron chi connectivity index (χ0n) is 9.63. The van der Waals surface area contributed by atoms with Crippen molar-refractivity contribution in [2.75, 3.05) is 14.1 Å². The van der Waals surface area contributed by atoms with Crippen molar-refractivity contribution in [1.82, 2.24) is 19.9 Å². The average molecular weight is 226 g/mol. The fourth-order valence-electron chi connectivity index (χ4n) is 1.38. The molecule has 0 aromatic carbocycles. The van der Waals surface area contributed by atoms with Gasteiger partial charge in [-0.15, -0.1) is 5.10 Å². The van der Waals surface area contributed by atoms with Gasteiger partial charge in [-0.05, 0) is 13.8 Å². The van der Waals surface area contributed by atoms with Gasteiger partial charge in [0.2, 0.25) is 5.91 Å². The second-order valence-corrected chi connectivity index (χ2v) is 3.68. The molecule has 0 fully saturated rings. The van der Waals surface area contributed by atoms with Gasteiger partial charge in [0.05, 0.1) is 5.69 Å². The molecule has 0 radical (unpaired) electrons. The standard InChI is InChI=1S/C9H14N4O3/c1-5-7(9(15)16)10-11-13(5)6(2)8(14)12(3)4/h6H,1-4H3,(H,15,16). The molecule has 1 heterocycles. The Kier molecular flexibility index (Phi) is 3.26. The second-order valence-electron chi connectivity index (χ2n) is 3.68. The number of carboxylic acids is 1. The van der Waals surface area contributed by atoms with Crippen molar-refractivity contribution < 1.29 is 14.7 Å². The van der Waals surface area contributed by atoms with Crippen LogP contribution in [0.1, 0.15) is 29.1 Å². The largest absolute Gasteiger partial charge is 0.476 e. The van der Waals surface area contributed by atoms with Crippen LogP contribution in [0.15, 0.2) is 0 Å². The highest BCUT2D eigenvalue weighted by Crippen LogP contribution is 2.12. The van der Waals surface area contributed by atoms with Gasteiger partial charge in [-0.25, -0.2) is 9.48 Å². The van der Waals surface area contributed by atoms with E-state index in [2.05, 4.69) is 10.3 Å². The van der Waals surface area contributed by atoms with Crippen molar-refractivity contribution in [2.45, 2.75) is 19.9 Å². The second kappa shape index (κ2) is 4.30. The van der Waals surface area contributed by atoms with Crippen LogP contribution in [0.3, 0.4) is 0 Å². The van der Waals surface area contributed by atoms with E-state index in [9.17, 15) is 9.59 Å². The van der Waals surface area contributed by atoms with E-state index in [-0.39, 0.29) is 11.6 Å². The quantitative estimate of drug-likeness (QED) is 0.779. The molecule has 7 heteroatoms. The molecule has 1 unspecified atom stereocenters. The van der Waals surface area contributed by atoms with Crippen LogP contribution in [0.5, 0.6) is 0 Å². The summed E-state index contributed by atoms with van der Waals surface area (Å²) in [7, 11) is 3.26. The van der Waals surface area contributed by atoms with Gasteiger partial charge in [0.15, 0.2) is 5.69 Å². The lowest BCUT2D eigenvalue weighted by Crippen LogP contribution is -2.31. The number of carbonyl (C=O) groups excluding carboxylic acids is 1. The number of rotatable bonds is 3. The Hall–Kier alpha value is -1.92. The highest BCUT2D eigenvalue weighted by atomic mass is 16.4. The van der Waals surface area contributed by atoms with Crippen LogP contribution in [0.2, 0.25) is 0 Å². The fourth-order valence-corrected chi connectivity index (χ4v) is 1.38. The summed E-state index contributed by atoms with van der Waals surface area (Å²) in [4.78, 5) is 23.8. The molecule has 0 spiro atoms. The molecule has 1 amide bonds. The fraction of sp³-hybridized carbons (Fsp3) is 0.556. The first-order valence-corrected chi connectivity index (χ1v) is 4.72. The van der Waals surface area contributed by atoms with Gasteiger partial charge in [-0.2, -0.15) is 0 Å². The molecule has 0 bridgehead atoms. The number of likely N-dealkylation sites (N-methyl/N-ethyl adjacent to an activating group) is 1. The Labute approximate surface area is 92.7 Å². The van der Waals surface area contributed by atoms with E-state index in [1.54, 1.807) is 27.9 Å². The van der Waals surface area contributed by atoms with E-state index >= 15 is 0 Å². The number of aromatic nitrogens is 3. The van der Waals surface area contributed by atoms with Gasteiger partial charge in [-0.3, -0.25) is 4.79 Å². The van der Waals surface area contributed by atoms with Crippen LogP contribution in [0.4, 0.5) is 0 Å². The molecule has 1 N–H and O–H groups in total. The van der Waals surface area contributed by atoms with Crippen molar-refractivity contribution in [3.05, 3.63) is 11.4 Å². The minimum absolute atomic E-state index is 0.126. The number of aromatic carboxylic acids is 1. The number of carbonyl (C=O) groups is 2. The molecule has 1 aromatic heterocycles. The molecule has 88 valence electrons. The first-order valence-electron chi connectivity index (χ1n) is 4.72. The SMILES string of the molecule is Cc1c(C(=O)O)nnn1C(C)C(=O)N(C)C.